The van der Waals surface area contributed by atoms with Crippen molar-refractivity contribution < 1.29 is 9.53 Å². The monoisotopic (exact) mass is 601 g/mol. The van der Waals surface area contributed by atoms with Gasteiger partial charge in [-0.15, -0.1) is 5.10 Å². The van der Waals surface area contributed by atoms with Gasteiger partial charge in [0.15, 0.2) is 0 Å². The van der Waals surface area contributed by atoms with E-state index in [-0.39, 0.29) is 5.91 Å². The Morgan fingerprint density at radius 1 is 0.909 bits per heavy atom. The summed E-state index contributed by atoms with van der Waals surface area (Å²) in [5, 5.41) is 12.0. The van der Waals surface area contributed by atoms with Crippen LogP contribution in [0.5, 0.6) is 5.75 Å². The SMILES string of the molecule is CC1=C(C(=O)Nc2ccc(C)cc2C)C(c2ccc(OCc3ccccc3C)cc2)n2nc(SCc3ccccc3)nc2N1. The number of anilines is 2. The number of hydrogen-bond donors (Lipinski definition) is 2. The van der Waals surface area contributed by atoms with Crippen molar-refractivity contribution in [1.82, 2.24) is 14.8 Å². The number of aryl methyl sites for hydroxylation is 3. The maximum absolute atomic E-state index is 14.0. The first-order valence-corrected chi connectivity index (χ1v) is 15.6. The first-order chi connectivity index (χ1) is 21.4. The van der Waals surface area contributed by atoms with Crippen LogP contribution in [0.25, 0.3) is 0 Å². The molecule has 0 radical (unpaired) electrons. The second-order valence-electron chi connectivity index (χ2n) is 11.1. The van der Waals surface area contributed by atoms with Gasteiger partial charge in [-0.3, -0.25) is 4.79 Å². The third kappa shape index (κ3) is 6.40. The predicted molar refractivity (Wildman–Crippen MR) is 177 cm³/mol. The number of fused-ring (bicyclic) bond motifs is 1. The number of carbonyl (C=O) groups excluding carboxylic acids is 1. The Bertz CT molecular complexity index is 1830. The largest absolute Gasteiger partial charge is 0.489 e. The van der Waals surface area contributed by atoms with Gasteiger partial charge in [0.05, 0.1) is 5.57 Å². The van der Waals surface area contributed by atoms with Crippen molar-refractivity contribution in [2.75, 3.05) is 10.6 Å². The molecule has 6 rings (SSSR count). The maximum Gasteiger partial charge on any atom is 0.255 e. The van der Waals surface area contributed by atoms with Crippen LogP contribution in [-0.4, -0.2) is 20.7 Å². The van der Waals surface area contributed by atoms with E-state index >= 15 is 0 Å². The van der Waals surface area contributed by atoms with Gasteiger partial charge in [-0.05, 0) is 73.7 Å². The second-order valence-corrected chi connectivity index (χ2v) is 12.0. The highest BCUT2D eigenvalue weighted by Gasteiger charge is 2.34. The van der Waals surface area contributed by atoms with Gasteiger partial charge < -0.3 is 15.4 Å². The number of nitrogens with one attached hydrogen (secondary N) is 2. The highest BCUT2D eigenvalue weighted by molar-refractivity contribution is 7.98. The van der Waals surface area contributed by atoms with Gasteiger partial charge in [-0.2, -0.15) is 4.98 Å². The van der Waals surface area contributed by atoms with Crippen molar-refractivity contribution >= 4 is 29.3 Å². The third-order valence-corrected chi connectivity index (χ3v) is 8.68. The zero-order valence-electron chi connectivity index (χ0n) is 25.3. The van der Waals surface area contributed by atoms with Crippen LogP contribution in [0.4, 0.5) is 11.6 Å². The number of benzene rings is 4. The molecule has 0 fully saturated rings. The lowest BCUT2D eigenvalue weighted by Gasteiger charge is -2.29. The summed E-state index contributed by atoms with van der Waals surface area (Å²) in [6.07, 6.45) is 0. The highest BCUT2D eigenvalue weighted by Crippen LogP contribution is 2.38. The summed E-state index contributed by atoms with van der Waals surface area (Å²) in [6, 6.07) is 31.9. The minimum atomic E-state index is -0.485. The van der Waals surface area contributed by atoms with Crippen LogP contribution >= 0.6 is 11.8 Å². The number of aromatic nitrogens is 3. The molecular weight excluding hydrogens is 566 g/mol. The van der Waals surface area contributed by atoms with Gasteiger partial charge >= 0.3 is 0 Å². The average molecular weight is 602 g/mol. The van der Waals surface area contributed by atoms with E-state index in [0.29, 0.717) is 23.3 Å². The summed E-state index contributed by atoms with van der Waals surface area (Å²) >= 11 is 1.57. The van der Waals surface area contributed by atoms with Crippen molar-refractivity contribution in [1.29, 1.82) is 0 Å². The number of thioether (sulfide) groups is 1. The molecule has 1 aromatic heterocycles. The highest BCUT2D eigenvalue weighted by atomic mass is 32.2. The smallest absolute Gasteiger partial charge is 0.255 e. The Morgan fingerprint density at radius 3 is 2.41 bits per heavy atom. The summed E-state index contributed by atoms with van der Waals surface area (Å²) in [5.41, 5.74) is 8.68. The quantitative estimate of drug-likeness (QED) is 0.167. The van der Waals surface area contributed by atoms with Gasteiger partial charge in [0, 0.05) is 17.1 Å². The lowest BCUT2D eigenvalue weighted by Crippen LogP contribution is -2.31. The van der Waals surface area contributed by atoms with Crippen molar-refractivity contribution in [3.63, 3.8) is 0 Å². The number of nitrogens with zero attached hydrogens (tertiary/aromatic N) is 3. The summed E-state index contributed by atoms with van der Waals surface area (Å²) in [5.74, 6) is 1.91. The van der Waals surface area contributed by atoms with E-state index < -0.39 is 6.04 Å². The molecule has 4 aromatic carbocycles. The molecule has 222 valence electrons. The number of amides is 1. The van der Waals surface area contributed by atoms with E-state index in [4.69, 9.17) is 14.8 Å². The molecule has 1 unspecified atom stereocenters. The van der Waals surface area contributed by atoms with Crippen LogP contribution in [0.1, 0.15) is 46.3 Å². The molecule has 1 amide bonds. The van der Waals surface area contributed by atoms with Gasteiger partial charge in [0.1, 0.15) is 18.4 Å². The Morgan fingerprint density at radius 2 is 1.66 bits per heavy atom. The van der Waals surface area contributed by atoms with E-state index in [1.165, 1.54) is 11.1 Å². The van der Waals surface area contributed by atoms with Crippen molar-refractivity contribution in [2.24, 2.45) is 0 Å². The topological polar surface area (TPSA) is 81.1 Å². The third-order valence-electron chi connectivity index (χ3n) is 7.77. The average Bonchev–Trinajstić information content (AvgIpc) is 3.43. The maximum atomic E-state index is 14.0. The molecule has 2 N–H and O–H groups in total. The Hall–Kier alpha value is -4.82. The van der Waals surface area contributed by atoms with E-state index in [2.05, 4.69) is 47.9 Å². The standard InChI is InChI=1S/C36H35N5O2S/c1-23-14-19-31(25(3)20-23)38-34(42)32-26(4)37-35-39-36(44-22-27-11-6-5-7-12-27)40-41(35)33(32)28-15-17-30(18-16-28)43-21-29-13-9-8-10-24(29)2/h5-20,33H,21-22H2,1-4H3,(H,38,42)(H,37,39,40). The predicted octanol–water partition coefficient (Wildman–Crippen LogP) is 8.00. The molecule has 1 aliphatic heterocycles. The molecule has 1 aliphatic rings. The van der Waals surface area contributed by atoms with Crippen LogP contribution in [0.2, 0.25) is 0 Å². The number of allylic oxidation sites excluding steroid dienone is 1. The van der Waals surface area contributed by atoms with E-state index in [1.807, 2.05) is 92.2 Å². The zero-order chi connectivity index (χ0) is 30.6. The van der Waals surface area contributed by atoms with Gasteiger partial charge in [-0.1, -0.05) is 96.2 Å². The van der Waals surface area contributed by atoms with Gasteiger partial charge in [0.2, 0.25) is 11.1 Å². The molecular formula is C36H35N5O2S. The molecule has 0 saturated carbocycles. The number of rotatable bonds is 9. The summed E-state index contributed by atoms with van der Waals surface area (Å²) < 4.78 is 7.94. The van der Waals surface area contributed by atoms with Crippen LogP contribution in [0.3, 0.4) is 0 Å². The lowest BCUT2D eigenvalue weighted by atomic mass is 9.94. The van der Waals surface area contributed by atoms with Crippen molar-refractivity contribution in [2.45, 2.75) is 51.3 Å². The summed E-state index contributed by atoms with van der Waals surface area (Å²) in [7, 11) is 0. The number of carbonyl (C=O) groups is 1. The number of hydrogen-bond acceptors (Lipinski definition) is 6. The fraction of sp³-hybridized carbons (Fsp3) is 0.194. The fourth-order valence-electron chi connectivity index (χ4n) is 5.34. The number of ether oxygens (including phenoxy) is 1. The minimum Gasteiger partial charge on any atom is -0.489 e. The Kier molecular flexibility index (Phi) is 8.52. The summed E-state index contributed by atoms with van der Waals surface area (Å²) in [4.78, 5) is 18.8. The Labute approximate surface area is 262 Å². The molecule has 0 aliphatic carbocycles. The first-order valence-electron chi connectivity index (χ1n) is 14.6. The molecule has 8 heteroatoms. The van der Waals surface area contributed by atoms with Crippen molar-refractivity contribution in [3.05, 3.63) is 142 Å². The molecule has 5 aromatic rings. The molecule has 44 heavy (non-hydrogen) atoms. The molecule has 2 heterocycles. The summed E-state index contributed by atoms with van der Waals surface area (Å²) in [6.45, 7) is 8.53. The van der Waals surface area contributed by atoms with Crippen molar-refractivity contribution in [3.8, 4) is 5.75 Å². The molecule has 0 spiro atoms. The van der Waals surface area contributed by atoms with Crippen LogP contribution < -0.4 is 15.4 Å². The second kappa shape index (κ2) is 12.8. The molecule has 0 saturated heterocycles. The van der Waals surface area contributed by atoms with E-state index in [0.717, 1.165) is 45.1 Å². The van der Waals surface area contributed by atoms with E-state index in [9.17, 15) is 4.79 Å². The minimum absolute atomic E-state index is 0.188. The molecule has 0 bridgehead atoms. The molecule has 1 atom stereocenters. The van der Waals surface area contributed by atoms with Gasteiger partial charge in [0.25, 0.3) is 5.91 Å². The van der Waals surface area contributed by atoms with Gasteiger partial charge in [-0.25, -0.2) is 4.68 Å². The normalized spacial score (nSPS) is 14.1. The zero-order valence-corrected chi connectivity index (χ0v) is 26.1. The van der Waals surface area contributed by atoms with Crippen LogP contribution in [0, 0.1) is 20.8 Å². The first kappa shape index (κ1) is 29.3. The lowest BCUT2D eigenvalue weighted by molar-refractivity contribution is -0.113. The van der Waals surface area contributed by atoms with Crippen LogP contribution in [0.15, 0.2) is 113 Å². The van der Waals surface area contributed by atoms with Crippen LogP contribution in [-0.2, 0) is 17.2 Å². The Balaban J connectivity index is 1.30. The fourth-order valence-corrected chi connectivity index (χ4v) is 6.12. The van der Waals surface area contributed by atoms with E-state index in [1.54, 1.807) is 11.8 Å². The molecule has 7 nitrogen and oxygen atoms in total.